The minimum absolute atomic E-state index is 0.289. The van der Waals surface area contributed by atoms with Crippen LogP contribution in [0.4, 0.5) is 16.2 Å². The minimum atomic E-state index is -0.431. The van der Waals surface area contributed by atoms with Crippen molar-refractivity contribution in [1.82, 2.24) is 10.2 Å². The van der Waals surface area contributed by atoms with Gasteiger partial charge in [-0.15, -0.1) is 0 Å². The molecule has 0 radical (unpaired) electrons. The molecule has 2 aromatic carbocycles. The van der Waals surface area contributed by atoms with Crippen molar-refractivity contribution in [2.75, 3.05) is 23.8 Å². The van der Waals surface area contributed by atoms with Crippen LogP contribution in [0.3, 0.4) is 0 Å². The van der Waals surface area contributed by atoms with Gasteiger partial charge in [-0.25, -0.2) is 9.59 Å². The number of hydrogen-bond acceptors (Lipinski definition) is 4. The molecule has 3 rings (SSSR count). The number of ether oxygens (including phenoxy) is 1. The second-order valence-electron chi connectivity index (χ2n) is 7.36. The van der Waals surface area contributed by atoms with Crippen LogP contribution in [0, 0.1) is 6.92 Å². The first kappa shape index (κ1) is 23.3. The predicted octanol–water partition coefficient (Wildman–Crippen LogP) is 4.73. The highest BCUT2D eigenvalue weighted by molar-refractivity contribution is 7.80. The summed E-state index contributed by atoms with van der Waals surface area (Å²) in [5.41, 5.74) is 4.51. The first-order chi connectivity index (χ1) is 15.3. The van der Waals surface area contributed by atoms with E-state index in [1.54, 1.807) is 19.1 Å². The van der Waals surface area contributed by atoms with E-state index in [9.17, 15) is 9.59 Å². The lowest BCUT2D eigenvalue weighted by Gasteiger charge is -2.37. The molecule has 0 saturated heterocycles. The van der Waals surface area contributed by atoms with Gasteiger partial charge in [0.15, 0.2) is 5.11 Å². The lowest BCUT2D eigenvalue weighted by molar-refractivity contribution is -0.139. The minimum Gasteiger partial charge on any atom is -0.463 e. The number of thiocarbonyl (C=S) groups is 1. The molecular formula is C24H28N4O3S. The molecule has 1 atom stereocenters. The second-order valence-corrected chi connectivity index (χ2v) is 7.75. The third-order valence-electron chi connectivity index (χ3n) is 5.30. The molecule has 2 aromatic rings. The number of aryl methyl sites for hydroxylation is 1. The van der Waals surface area contributed by atoms with Crippen molar-refractivity contribution in [2.24, 2.45) is 0 Å². The number of para-hydroxylation sites is 1. The molecule has 0 saturated carbocycles. The number of allylic oxidation sites excluding steroid dienone is 1. The van der Waals surface area contributed by atoms with E-state index in [0.717, 1.165) is 22.5 Å². The highest BCUT2D eigenvalue weighted by Crippen LogP contribution is 2.32. The Hall–Kier alpha value is -3.39. The maximum atomic E-state index is 12.7. The molecule has 0 bridgehead atoms. The predicted molar refractivity (Wildman–Crippen MR) is 130 cm³/mol. The summed E-state index contributed by atoms with van der Waals surface area (Å²) in [6.45, 7) is 8.50. The van der Waals surface area contributed by atoms with Crippen molar-refractivity contribution in [3.63, 3.8) is 0 Å². The Morgan fingerprint density at radius 3 is 2.38 bits per heavy atom. The van der Waals surface area contributed by atoms with Gasteiger partial charge < -0.3 is 25.6 Å². The van der Waals surface area contributed by atoms with Crippen molar-refractivity contribution < 1.29 is 14.3 Å². The largest absolute Gasteiger partial charge is 0.463 e. The molecular weight excluding hydrogens is 424 g/mol. The van der Waals surface area contributed by atoms with Crippen LogP contribution in [0.1, 0.15) is 37.9 Å². The van der Waals surface area contributed by atoms with E-state index in [1.165, 1.54) is 0 Å². The Morgan fingerprint density at radius 2 is 1.75 bits per heavy atom. The quantitative estimate of drug-likeness (QED) is 0.434. The number of anilines is 2. The maximum Gasteiger partial charge on any atom is 0.338 e. The molecule has 1 aliphatic heterocycles. The topological polar surface area (TPSA) is 82.7 Å². The summed E-state index contributed by atoms with van der Waals surface area (Å²) in [5.74, 6) is -0.372. The zero-order valence-corrected chi connectivity index (χ0v) is 19.5. The summed E-state index contributed by atoms with van der Waals surface area (Å²) in [4.78, 5) is 27.0. The Labute approximate surface area is 193 Å². The number of carbonyl (C=O) groups is 2. The third kappa shape index (κ3) is 5.08. The average Bonchev–Trinajstić information content (AvgIpc) is 2.76. The number of rotatable bonds is 6. The molecule has 2 amide bonds. The fourth-order valence-corrected chi connectivity index (χ4v) is 4.03. The summed E-state index contributed by atoms with van der Waals surface area (Å²) >= 11 is 5.50. The molecule has 32 heavy (non-hydrogen) atoms. The molecule has 1 aliphatic rings. The van der Waals surface area contributed by atoms with Crippen LogP contribution in [-0.2, 0) is 9.53 Å². The summed E-state index contributed by atoms with van der Waals surface area (Å²) in [5, 5.41) is 9.48. The van der Waals surface area contributed by atoms with Gasteiger partial charge in [-0.1, -0.05) is 30.3 Å². The normalized spacial score (nSPS) is 15.8. The van der Waals surface area contributed by atoms with Crippen molar-refractivity contribution in [1.29, 1.82) is 0 Å². The lowest BCUT2D eigenvalue weighted by Crippen LogP contribution is -2.47. The van der Waals surface area contributed by atoms with Gasteiger partial charge >= 0.3 is 12.0 Å². The molecule has 0 unspecified atom stereocenters. The van der Waals surface area contributed by atoms with Gasteiger partial charge in [-0.05, 0) is 69.2 Å². The molecule has 168 valence electrons. The van der Waals surface area contributed by atoms with Gasteiger partial charge in [-0.2, -0.15) is 0 Å². The molecule has 0 aliphatic carbocycles. The monoisotopic (exact) mass is 452 g/mol. The van der Waals surface area contributed by atoms with Crippen LogP contribution in [0.25, 0.3) is 0 Å². The summed E-state index contributed by atoms with van der Waals surface area (Å²) in [6, 6.07) is 14.1. The van der Waals surface area contributed by atoms with Crippen LogP contribution >= 0.6 is 12.2 Å². The van der Waals surface area contributed by atoms with Gasteiger partial charge in [0.05, 0.1) is 18.2 Å². The summed E-state index contributed by atoms with van der Waals surface area (Å²) in [6.07, 6.45) is 0. The van der Waals surface area contributed by atoms with Crippen molar-refractivity contribution in [3.05, 3.63) is 70.9 Å². The van der Waals surface area contributed by atoms with Gasteiger partial charge in [0.1, 0.15) is 0 Å². The number of esters is 1. The number of hydrogen-bond donors (Lipinski definition) is 3. The Kier molecular flexibility index (Phi) is 7.48. The van der Waals surface area contributed by atoms with E-state index >= 15 is 0 Å². The van der Waals surface area contributed by atoms with Crippen LogP contribution in [-0.4, -0.2) is 35.2 Å². The Bertz CT molecular complexity index is 1050. The average molecular weight is 453 g/mol. The fourth-order valence-electron chi connectivity index (χ4n) is 3.64. The van der Waals surface area contributed by atoms with Crippen molar-refractivity contribution in [2.45, 2.75) is 33.7 Å². The fraction of sp³-hybridized carbons (Fsp3) is 0.292. The highest BCUT2D eigenvalue weighted by Gasteiger charge is 2.34. The molecule has 3 N–H and O–H groups in total. The smallest absolute Gasteiger partial charge is 0.338 e. The number of amides is 2. The van der Waals surface area contributed by atoms with Gasteiger partial charge in [0, 0.05) is 23.6 Å². The molecule has 1 heterocycles. The first-order valence-corrected chi connectivity index (χ1v) is 11.0. The van der Waals surface area contributed by atoms with Gasteiger partial charge in [0.25, 0.3) is 0 Å². The van der Waals surface area contributed by atoms with Crippen LogP contribution in [0.15, 0.2) is 59.8 Å². The summed E-state index contributed by atoms with van der Waals surface area (Å²) in [7, 11) is 0. The van der Waals surface area contributed by atoms with E-state index in [-0.39, 0.29) is 18.6 Å². The maximum absolute atomic E-state index is 12.7. The van der Waals surface area contributed by atoms with Crippen molar-refractivity contribution in [3.8, 4) is 0 Å². The molecule has 0 fully saturated rings. The van der Waals surface area contributed by atoms with Crippen LogP contribution in [0.2, 0.25) is 0 Å². The molecule has 0 spiro atoms. The van der Waals surface area contributed by atoms with Gasteiger partial charge in [-0.3, -0.25) is 0 Å². The number of urea groups is 1. The molecule has 8 heteroatoms. The van der Waals surface area contributed by atoms with E-state index in [2.05, 4.69) is 16.0 Å². The van der Waals surface area contributed by atoms with Crippen LogP contribution < -0.4 is 16.0 Å². The van der Waals surface area contributed by atoms with E-state index in [4.69, 9.17) is 17.0 Å². The lowest BCUT2D eigenvalue weighted by atomic mass is 9.95. The van der Waals surface area contributed by atoms with E-state index in [1.807, 2.05) is 62.1 Å². The number of carbonyl (C=O) groups excluding carboxylic acids is 2. The van der Waals surface area contributed by atoms with E-state index in [0.29, 0.717) is 22.9 Å². The van der Waals surface area contributed by atoms with E-state index < -0.39 is 6.04 Å². The third-order valence-corrected chi connectivity index (χ3v) is 5.64. The number of nitrogens with one attached hydrogen (secondary N) is 3. The zero-order valence-electron chi connectivity index (χ0n) is 18.7. The Morgan fingerprint density at radius 1 is 1.06 bits per heavy atom. The van der Waals surface area contributed by atoms with Gasteiger partial charge in [0.2, 0.25) is 0 Å². The SMILES string of the molecule is CCOC(=O)C1=C(C)N(CC)C(=S)N[C@@H]1c1ccc(NC(=O)Nc2ccccc2C)cc1. The Balaban J connectivity index is 1.79. The molecule has 0 aromatic heterocycles. The molecule has 7 nitrogen and oxygen atoms in total. The highest BCUT2D eigenvalue weighted by atomic mass is 32.1. The summed E-state index contributed by atoms with van der Waals surface area (Å²) < 4.78 is 5.30. The standard InChI is InChI=1S/C24H28N4O3S/c1-5-28-16(4)20(22(29)31-6-2)21(27-24(28)32)17-11-13-18(14-12-17)25-23(30)26-19-10-8-7-9-15(19)3/h7-14,21H,5-6H2,1-4H3,(H,27,32)(H2,25,26,30)/t21-/m1/s1. The number of benzene rings is 2. The van der Waals surface area contributed by atoms with Crippen molar-refractivity contribution >= 4 is 40.7 Å². The zero-order chi connectivity index (χ0) is 23.3. The second kappa shape index (κ2) is 10.3. The first-order valence-electron chi connectivity index (χ1n) is 10.5. The number of nitrogens with zero attached hydrogens (tertiary/aromatic N) is 1. The van der Waals surface area contributed by atoms with Crippen LogP contribution in [0.5, 0.6) is 0 Å².